The first-order valence-corrected chi connectivity index (χ1v) is 4.38. The highest BCUT2D eigenvalue weighted by Crippen LogP contribution is 2.13. The summed E-state index contributed by atoms with van der Waals surface area (Å²) < 4.78 is 5.26. The second kappa shape index (κ2) is 3.64. The molecular weight excluding hydrogens is 166 g/mol. The Morgan fingerprint density at radius 3 is 2.46 bits per heavy atom. The molecule has 0 saturated heterocycles. The van der Waals surface area contributed by atoms with E-state index < -0.39 is 0 Å². The largest absolute Gasteiger partial charge is 0.456 e. The van der Waals surface area contributed by atoms with Gasteiger partial charge in [-0.05, 0) is 33.8 Å². The lowest BCUT2D eigenvalue weighted by atomic mass is 10.2. The lowest BCUT2D eigenvalue weighted by molar-refractivity contribution is 0.0913. The van der Waals surface area contributed by atoms with Crippen molar-refractivity contribution in [2.75, 3.05) is 0 Å². The molecule has 1 aromatic rings. The molecule has 72 valence electrons. The molecule has 3 nitrogen and oxygen atoms in total. The Morgan fingerprint density at radius 2 is 2.08 bits per heavy atom. The molecule has 0 aliphatic rings. The molecule has 0 bridgehead atoms. The molecule has 0 aliphatic heterocycles. The van der Waals surface area contributed by atoms with Gasteiger partial charge < -0.3 is 9.73 Å². The van der Waals surface area contributed by atoms with E-state index in [1.54, 1.807) is 0 Å². The average molecular weight is 181 g/mol. The summed E-state index contributed by atoms with van der Waals surface area (Å²) in [5, 5.41) is 2.78. The number of carbonyl (C=O) groups is 1. The Bertz CT molecular complexity index is 313. The van der Waals surface area contributed by atoms with E-state index in [4.69, 9.17) is 4.42 Å². The fraction of sp³-hybridized carbons (Fsp3) is 0.500. The van der Waals surface area contributed by atoms with E-state index in [0.29, 0.717) is 5.76 Å². The molecule has 1 amide bonds. The van der Waals surface area contributed by atoms with E-state index in [9.17, 15) is 4.79 Å². The number of nitrogens with one attached hydrogen (secondary N) is 1. The third-order valence-electron chi connectivity index (χ3n) is 1.67. The minimum atomic E-state index is -0.138. The van der Waals surface area contributed by atoms with Gasteiger partial charge in [-0.25, -0.2) is 0 Å². The maximum Gasteiger partial charge on any atom is 0.287 e. The molecule has 0 radical (unpaired) electrons. The molecule has 0 saturated carbocycles. The molecule has 3 heteroatoms. The van der Waals surface area contributed by atoms with Gasteiger partial charge in [-0.2, -0.15) is 0 Å². The third-order valence-corrected chi connectivity index (χ3v) is 1.67. The van der Waals surface area contributed by atoms with Crippen LogP contribution in [0.2, 0.25) is 0 Å². The van der Waals surface area contributed by atoms with Crippen molar-refractivity contribution in [1.82, 2.24) is 5.32 Å². The van der Waals surface area contributed by atoms with Crippen molar-refractivity contribution in [2.24, 2.45) is 0 Å². The zero-order chi connectivity index (χ0) is 10.0. The first-order chi connectivity index (χ1) is 6.00. The number of hydrogen-bond acceptors (Lipinski definition) is 2. The monoisotopic (exact) mass is 181 g/mol. The minimum Gasteiger partial charge on any atom is -0.456 e. The molecule has 1 aromatic heterocycles. The van der Waals surface area contributed by atoms with E-state index in [0.717, 1.165) is 11.3 Å². The van der Waals surface area contributed by atoms with Crippen LogP contribution < -0.4 is 5.32 Å². The summed E-state index contributed by atoms with van der Waals surface area (Å²) in [6.07, 6.45) is 0. The number of carbonyl (C=O) groups excluding carboxylic acids is 1. The Labute approximate surface area is 78.1 Å². The van der Waals surface area contributed by atoms with Crippen molar-refractivity contribution in [2.45, 2.75) is 33.7 Å². The average Bonchev–Trinajstić information content (AvgIpc) is 2.28. The minimum absolute atomic E-state index is 0.136. The van der Waals surface area contributed by atoms with Crippen LogP contribution >= 0.6 is 0 Å². The molecule has 0 atom stereocenters. The fourth-order valence-electron chi connectivity index (χ4n) is 1.19. The topological polar surface area (TPSA) is 42.2 Å². The second-order valence-corrected chi connectivity index (χ2v) is 3.50. The zero-order valence-corrected chi connectivity index (χ0v) is 8.47. The molecular formula is C10H15NO2. The fourth-order valence-corrected chi connectivity index (χ4v) is 1.19. The van der Waals surface area contributed by atoms with Gasteiger partial charge in [-0.1, -0.05) is 0 Å². The molecule has 1 rings (SSSR count). The maximum absolute atomic E-state index is 11.5. The first-order valence-electron chi connectivity index (χ1n) is 4.38. The van der Waals surface area contributed by atoms with Gasteiger partial charge in [-0.3, -0.25) is 4.79 Å². The van der Waals surface area contributed by atoms with Crippen LogP contribution in [-0.4, -0.2) is 11.9 Å². The molecule has 13 heavy (non-hydrogen) atoms. The van der Waals surface area contributed by atoms with Crippen molar-refractivity contribution >= 4 is 5.91 Å². The lowest BCUT2D eigenvalue weighted by Crippen LogP contribution is -2.30. The van der Waals surface area contributed by atoms with E-state index in [-0.39, 0.29) is 11.9 Å². The lowest BCUT2D eigenvalue weighted by Gasteiger charge is -2.06. The molecule has 1 heterocycles. The number of hydrogen-bond donors (Lipinski definition) is 1. The van der Waals surface area contributed by atoms with Crippen LogP contribution in [0.1, 0.15) is 35.7 Å². The van der Waals surface area contributed by atoms with Crippen molar-refractivity contribution in [3.8, 4) is 0 Å². The van der Waals surface area contributed by atoms with Gasteiger partial charge in [0.05, 0.1) is 0 Å². The van der Waals surface area contributed by atoms with Crippen LogP contribution in [0.4, 0.5) is 0 Å². The van der Waals surface area contributed by atoms with E-state index in [1.165, 1.54) is 0 Å². The molecule has 0 unspecified atom stereocenters. The zero-order valence-electron chi connectivity index (χ0n) is 8.47. The van der Waals surface area contributed by atoms with Crippen molar-refractivity contribution in [3.05, 3.63) is 23.2 Å². The van der Waals surface area contributed by atoms with Crippen LogP contribution in [0.25, 0.3) is 0 Å². The highest BCUT2D eigenvalue weighted by atomic mass is 16.3. The van der Waals surface area contributed by atoms with Crippen LogP contribution in [0, 0.1) is 13.8 Å². The van der Waals surface area contributed by atoms with Crippen LogP contribution in [0.5, 0.6) is 0 Å². The molecule has 1 N–H and O–H groups in total. The molecule has 0 fully saturated rings. The predicted molar refractivity (Wildman–Crippen MR) is 50.8 cm³/mol. The summed E-state index contributed by atoms with van der Waals surface area (Å²) in [5.41, 5.74) is 0.885. The Kier molecular flexibility index (Phi) is 2.76. The number of aryl methyl sites for hydroxylation is 2. The quantitative estimate of drug-likeness (QED) is 0.758. The highest BCUT2D eigenvalue weighted by Gasteiger charge is 2.14. The molecule has 0 aromatic carbocycles. The highest BCUT2D eigenvalue weighted by molar-refractivity contribution is 5.93. The smallest absolute Gasteiger partial charge is 0.287 e. The predicted octanol–water partition coefficient (Wildman–Crippen LogP) is 2.03. The Hall–Kier alpha value is -1.25. The summed E-state index contributed by atoms with van der Waals surface area (Å²) in [6, 6.07) is 1.99. The summed E-state index contributed by atoms with van der Waals surface area (Å²) in [6.45, 7) is 7.54. The molecule has 0 aliphatic carbocycles. The van der Waals surface area contributed by atoms with Gasteiger partial charge >= 0.3 is 0 Å². The normalized spacial score (nSPS) is 10.5. The summed E-state index contributed by atoms with van der Waals surface area (Å²) in [4.78, 5) is 11.5. The van der Waals surface area contributed by atoms with Crippen molar-refractivity contribution < 1.29 is 9.21 Å². The summed E-state index contributed by atoms with van der Waals surface area (Å²) >= 11 is 0. The number of amides is 1. The Balaban J connectivity index is 2.82. The molecule has 0 spiro atoms. The van der Waals surface area contributed by atoms with Gasteiger partial charge in [0, 0.05) is 11.6 Å². The maximum atomic E-state index is 11.5. The first kappa shape index (κ1) is 9.84. The van der Waals surface area contributed by atoms with Crippen LogP contribution in [0.15, 0.2) is 10.5 Å². The standard InChI is InChI=1S/C10H15NO2/c1-6(2)11-10(12)9-7(3)5-8(4)13-9/h5-6H,1-4H3,(H,11,12). The summed E-state index contributed by atoms with van der Waals surface area (Å²) in [7, 11) is 0. The number of rotatable bonds is 2. The van der Waals surface area contributed by atoms with Crippen molar-refractivity contribution in [3.63, 3.8) is 0 Å². The SMILES string of the molecule is Cc1cc(C)c(C(=O)NC(C)C)o1. The second-order valence-electron chi connectivity index (χ2n) is 3.50. The van der Waals surface area contributed by atoms with Gasteiger partial charge in [0.15, 0.2) is 5.76 Å². The van der Waals surface area contributed by atoms with Crippen LogP contribution in [0.3, 0.4) is 0 Å². The Morgan fingerprint density at radius 1 is 1.46 bits per heavy atom. The van der Waals surface area contributed by atoms with Gasteiger partial charge in [-0.15, -0.1) is 0 Å². The van der Waals surface area contributed by atoms with Gasteiger partial charge in [0.25, 0.3) is 5.91 Å². The van der Waals surface area contributed by atoms with E-state index in [1.807, 2.05) is 33.8 Å². The van der Waals surface area contributed by atoms with Gasteiger partial charge in [0.2, 0.25) is 0 Å². The van der Waals surface area contributed by atoms with E-state index in [2.05, 4.69) is 5.32 Å². The third kappa shape index (κ3) is 2.34. The van der Waals surface area contributed by atoms with Gasteiger partial charge in [0.1, 0.15) is 5.76 Å². The van der Waals surface area contributed by atoms with Crippen molar-refractivity contribution in [1.29, 1.82) is 0 Å². The summed E-state index contributed by atoms with van der Waals surface area (Å²) in [5.74, 6) is 1.05. The number of furan rings is 1. The van der Waals surface area contributed by atoms with Crippen LogP contribution in [-0.2, 0) is 0 Å². The van der Waals surface area contributed by atoms with E-state index >= 15 is 0 Å².